The average Bonchev–Trinajstić information content (AvgIpc) is 2.91. The molecule has 1 saturated carbocycles. The minimum Gasteiger partial charge on any atom is -0.349 e. The highest BCUT2D eigenvalue weighted by Crippen LogP contribution is 2.26. The number of carbonyl (C=O) groups is 1. The Labute approximate surface area is 128 Å². The molecular weight excluding hydrogens is 284 g/mol. The third-order valence-corrected chi connectivity index (χ3v) is 4.42. The Morgan fingerprint density at radius 2 is 2.14 bits per heavy atom. The van der Waals surface area contributed by atoms with Crippen LogP contribution in [-0.4, -0.2) is 26.7 Å². The first-order valence-electron chi connectivity index (χ1n) is 7.18. The summed E-state index contributed by atoms with van der Waals surface area (Å²) in [7, 11) is 0. The van der Waals surface area contributed by atoms with Crippen LogP contribution in [0.3, 0.4) is 0 Å². The monoisotopic (exact) mass is 304 g/mol. The number of amides is 1. The molecule has 2 aromatic heterocycles. The summed E-state index contributed by atoms with van der Waals surface area (Å²) in [5.74, 6) is -0.0335. The highest BCUT2D eigenvalue weighted by molar-refractivity contribution is 7.12. The van der Waals surface area contributed by atoms with Gasteiger partial charge in [-0.05, 0) is 19.8 Å². The normalized spacial score (nSPS) is 15.2. The Kier molecular flexibility index (Phi) is 3.36. The minimum atomic E-state index is -0.0335. The van der Waals surface area contributed by atoms with Gasteiger partial charge in [-0.25, -0.2) is 9.67 Å². The highest BCUT2D eigenvalue weighted by atomic mass is 32.1. The van der Waals surface area contributed by atoms with Crippen LogP contribution in [-0.2, 0) is 5.41 Å². The van der Waals surface area contributed by atoms with E-state index < -0.39 is 0 Å². The Hall–Kier alpha value is -1.69. The summed E-state index contributed by atoms with van der Waals surface area (Å²) in [6.07, 6.45) is 3.80. The summed E-state index contributed by atoms with van der Waals surface area (Å²) in [5, 5.41) is 10.2. The predicted molar refractivity (Wildman–Crippen MR) is 83.2 cm³/mol. The molecule has 6 heteroatoms. The van der Waals surface area contributed by atoms with E-state index in [1.165, 1.54) is 0 Å². The van der Waals surface area contributed by atoms with Crippen LogP contribution in [0.1, 0.15) is 55.4 Å². The topological polar surface area (TPSA) is 59.8 Å². The molecule has 0 bridgehead atoms. The molecular formula is C15H20N4OS. The first-order valence-corrected chi connectivity index (χ1v) is 8.06. The van der Waals surface area contributed by atoms with Crippen molar-refractivity contribution in [2.45, 2.75) is 52.0 Å². The molecule has 3 rings (SSSR count). The maximum absolute atomic E-state index is 12.1. The van der Waals surface area contributed by atoms with E-state index in [4.69, 9.17) is 0 Å². The smallest absolute Gasteiger partial charge is 0.254 e. The van der Waals surface area contributed by atoms with Gasteiger partial charge in [-0.15, -0.1) is 11.3 Å². The van der Waals surface area contributed by atoms with Crippen LogP contribution in [0.25, 0.3) is 5.13 Å². The van der Waals surface area contributed by atoms with Crippen molar-refractivity contribution in [2.75, 3.05) is 0 Å². The van der Waals surface area contributed by atoms with Gasteiger partial charge in [0.25, 0.3) is 5.91 Å². The van der Waals surface area contributed by atoms with Crippen LogP contribution in [0.2, 0.25) is 0 Å². The molecule has 0 radical (unpaired) electrons. The summed E-state index contributed by atoms with van der Waals surface area (Å²) in [5.41, 5.74) is 2.53. The summed E-state index contributed by atoms with van der Waals surface area (Å²) in [4.78, 5) is 16.8. The number of nitrogens with one attached hydrogen (secondary N) is 1. The number of carbonyl (C=O) groups excluding carboxylic acids is 1. The first-order chi connectivity index (χ1) is 9.86. The Morgan fingerprint density at radius 1 is 1.43 bits per heavy atom. The van der Waals surface area contributed by atoms with Crippen LogP contribution in [0, 0.1) is 6.92 Å². The quantitative estimate of drug-likeness (QED) is 0.948. The zero-order chi connectivity index (χ0) is 15.2. The van der Waals surface area contributed by atoms with Crippen molar-refractivity contribution >= 4 is 17.2 Å². The number of hydrogen-bond acceptors (Lipinski definition) is 4. The van der Waals surface area contributed by atoms with E-state index in [1.807, 2.05) is 6.92 Å². The molecule has 21 heavy (non-hydrogen) atoms. The molecule has 1 aliphatic rings. The molecule has 0 saturated heterocycles. The van der Waals surface area contributed by atoms with E-state index in [9.17, 15) is 4.79 Å². The van der Waals surface area contributed by atoms with Gasteiger partial charge < -0.3 is 5.32 Å². The Morgan fingerprint density at radius 3 is 2.71 bits per heavy atom. The van der Waals surface area contributed by atoms with E-state index in [2.05, 4.69) is 41.6 Å². The fourth-order valence-corrected chi connectivity index (χ4v) is 3.08. The summed E-state index contributed by atoms with van der Waals surface area (Å²) in [6.45, 7) is 8.32. The number of nitrogens with zero attached hydrogens (tertiary/aromatic N) is 3. The number of aromatic nitrogens is 3. The van der Waals surface area contributed by atoms with Crippen LogP contribution < -0.4 is 5.32 Å². The zero-order valence-electron chi connectivity index (χ0n) is 12.8. The minimum absolute atomic E-state index is 0.0159. The van der Waals surface area contributed by atoms with E-state index in [-0.39, 0.29) is 11.3 Å². The van der Waals surface area contributed by atoms with Crippen molar-refractivity contribution in [1.29, 1.82) is 0 Å². The van der Waals surface area contributed by atoms with Crippen molar-refractivity contribution in [3.63, 3.8) is 0 Å². The van der Waals surface area contributed by atoms with Gasteiger partial charge >= 0.3 is 0 Å². The summed E-state index contributed by atoms with van der Waals surface area (Å²) >= 11 is 1.55. The van der Waals surface area contributed by atoms with Gasteiger partial charge in [0, 0.05) is 16.8 Å². The van der Waals surface area contributed by atoms with Crippen molar-refractivity contribution in [3.05, 3.63) is 28.5 Å². The lowest BCUT2D eigenvalue weighted by molar-refractivity contribution is 0.0950. The lowest BCUT2D eigenvalue weighted by Gasteiger charge is -2.14. The summed E-state index contributed by atoms with van der Waals surface area (Å²) < 4.78 is 1.75. The molecule has 0 aliphatic heterocycles. The lowest BCUT2D eigenvalue weighted by Crippen LogP contribution is -2.25. The molecule has 0 spiro atoms. The number of thiazole rings is 1. The molecule has 1 amide bonds. The third-order valence-electron chi connectivity index (χ3n) is 3.61. The van der Waals surface area contributed by atoms with Crippen LogP contribution in [0.5, 0.6) is 0 Å². The van der Waals surface area contributed by atoms with Gasteiger partial charge in [-0.2, -0.15) is 5.10 Å². The molecule has 1 fully saturated rings. The molecule has 1 N–H and O–H groups in total. The second-order valence-corrected chi connectivity index (χ2v) is 7.41. The molecule has 112 valence electrons. The van der Waals surface area contributed by atoms with Gasteiger partial charge in [-0.1, -0.05) is 20.8 Å². The Bertz CT molecular complexity index is 676. The Balaban J connectivity index is 1.87. The molecule has 0 aromatic carbocycles. The standard InChI is InChI=1S/C15H20N4OS/c1-9-11(13(20)17-10-5-6-10)7-16-19(9)14-18-12(8-21-14)15(2,3)4/h7-8,10H,5-6H2,1-4H3,(H,17,20). The van der Waals surface area contributed by atoms with E-state index in [0.29, 0.717) is 11.6 Å². The predicted octanol–water partition coefficient (Wildman–Crippen LogP) is 2.83. The highest BCUT2D eigenvalue weighted by Gasteiger charge is 2.26. The second kappa shape index (κ2) is 4.94. The average molecular weight is 304 g/mol. The van der Waals surface area contributed by atoms with Crippen LogP contribution in [0.15, 0.2) is 11.6 Å². The molecule has 2 heterocycles. The van der Waals surface area contributed by atoms with E-state index in [1.54, 1.807) is 22.2 Å². The SMILES string of the molecule is Cc1c(C(=O)NC2CC2)cnn1-c1nc(C(C)(C)C)cs1. The fraction of sp³-hybridized carbons (Fsp3) is 0.533. The van der Waals surface area contributed by atoms with Gasteiger partial charge in [0.1, 0.15) is 0 Å². The maximum Gasteiger partial charge on any atom is 0.254 e. The van der Waals surface area contributed by atoms with Crippen molar-refractivity contribution in [3.8, 4) is 5.13 Å². The van der Waals surface area contributed by atoms with E-state index in [0.717, 1.165) is 29.4 Å². The van der Waals surface area contributed by atoms with Crippen molar-refractivity contribution in [1.82, 2.24) is 20.1 Å². The largest absolute Gasteiger partial charge is 0.349 e. The van der Waals surface area contributed by atoms with Gasteiger partial charge in [0.15, 0.2) is 0 Å². The lowest BCUT2D eigenvalue weighted by atomic mass is 9.93. The second-order valence-electron chi connectivity index (χ2n) is 6.57. The van der Waals surface area contributed by atoms with Crippen molar-refractivity contribution < 1.29 is 4.79 Å². The maximum atomic E-state index is 12.1. The van der Waals surface area contributed by atoms with Gasteiger partial charge in [0.2, 0.25) is 5.13 Å². The molecule has 0 unspecified atom stereocenters. The number of hydrogen-bond donors (Lipinski definition) is 1. The fourth-order valence-electron chi connectivity index (χ4n) is 2.02. The third kappa shape index (κ3) is 2.85. The summed E-state index contributed by atoms with van der Waals surface area (Å²) in [6, 6.07) is 0.354. The first kappa shape index (κ1) is 14.3. The van der Waals surface area contributed by atoms with Gasteiger partial charge in [-0.3, -0.25) is 4.79 Å². The molecule has 5 nitrogen and oxygen atoms in total. The molecule has 2 aromatic rings. The zero-order valence-corrected chi connectivity index (χ0v) is 13.6. The van der Waals surface area contributed by atoms with Gasteiger partial charge in [0.05, 0.1) is 23.1 Å². The molecule has 0 atom stereocenters. The van der Waals surface area contributed by atoms with E-state index >= 15 is 0 Å². The molecule has 1 aliphatic carbocycles. The van der Waals surface area contributed by atoms with Crippen molar-refractivity contribution in [2.24, 2.45) is 0 Å². The van der Waals surface area contributed by atoms with Crippen LogP contribution >= 0.6 is 11.3 Å². The van der Waals surface area contributed by atoms with Crippen LogP contribution in [0.4, 0.5) is 0 Å². The number of rotatable bonds is 3.